The van der Waals surface area contributed by atoms with Gasteiger partial charge in [-0.05, 0) is 54.5 Å². The van der Waals surface area contributed by atoms with Gasteiger partial charge in [0, 0.05) is 11.1 Å². The highest BCUT2D eigenvalue weighted by atomic mass is 16.6. The van der Waals surface area contributed by atoms with Crippen LogP contribution in [-0.2, 0) is 0 Å². The van der Waals surface area contributed by atoms with Crippen LogP contribution >= 0.6 is 0 Å². The predicted octanol–water partition coefficient (Wildman–Crippen LogP) is 2.79. The molecule has 0 saturated carbocycles. The van der Waals surface area contributed by atoms with Gasteiger partial charge >= 0.3 is 0 Å². The Morgan fingerprint density at radius 1 is 1.11 bits per heavy atom. The lowest BCUT2D eigenvalue weighted by molar-refractivity contribution is 0.0955. The monoisotopic (exact) mass is 360 g/mol. The lowest BCUT2D eigenvalue weighted by Gasteiger charge is -2.03. The molecule has 0 bridgehead atoms. The quantitative estimate of drug-likeness (QED) is 0.446. The molecule has 4 rings (SSSR count). The number of para-hydroxylation sites is 1. The standard InChI is InChI=1S/C19H16N6O2/c1-12-16(13(2)25(22-12)15-6-4-3-5-7-15)11-20-21-19(26)14-8-9-17-18(10-14)24-27-23-17/h3-11H,1-2H3,(H,21,26). The SMILES string of the molecule is Cc1nn(-c2ccccc2)c(C)c1C=NNC(=O)c1ccc2nonc2c1. The summed E-state index contributed by atoms with van der Waals surface area (Å²) in [6, 6.07) is 14.8. The normalized spacial score (nSPS) is 11.3. The van der Waals surface area contributed by atoms with Gasteiger partial charge in [-0.3, -0.25) is 4.79 Å². The van der Waals surface area contributed by atoms with Crippen LogP contribution in [0, 0.1) is 13.8 Å². The number of benzene rings is 2. The fraction of sp³-hybridized carbons (Fsp3) is 0.105. The first-order chi connectivity index (χ1) is 13.1. The van der Waals surface area contributed by atoms with Crippen molar-refractivity contribution in [2.45, 2.75) is 13.8 Å². The summed E-state index contributed by atoms with van der Waals surface area (Å²) in [6.07, 6.45) is 1.60. The molecule has 8 nitrogen and oxygen atoms in total. The summed E-state index contributed by atoms with van der Waals surface area (Å²) >= 11 is 0. The highest BCUT2D eigenvalue weighted by Crippen LogP contribution is 2.16. The minimum absolute atomic E-state index is 0.345. The van der Waals surface area contributed by atoms with Crippen LogP contribution in [0.1, 0.15) is 27.3 Å². The van der Waals surface area contributed by atoms with E-state index < -0.39 is 0 Å². The molecule has 0 spiro atoms. The van der Waals surface area contributed by atoms with E-state index in [1.54, 1.807) is 24.4 Å². The molecule has 0 fully saturated rings. The number of aryl methyl sites for hydroxylation is 1. The van der Waals surface area contributed by atoms with Crippen molar-refractivity contribution in [3.63, 3.8) is 0 Å². The zero-order chi connectivity index (χ0) is 18.8. The molecule has 1 N–H and O–H groups in total. The molecule has 8 heteroatoms. The van der Waals surface area contributed by atoms with Crippen LogP contribution in [0.4, 0.5) is 0 Å². The van der Waals surface area contributed by atoms with Gasteiger partial charge in [0.2, 0.25) is 0 Å². The van der Waals surface area contributed by atoms with Gasteiger partial charge in [0.15, 0.2) is 0 Å². The second-order valence-electron chi connectivity index (χ2n) is 6.00. The van der Waals surface area contributed by atoms with Crippen LogP contribution in [0.2, 0.25) is 0 Å². The molecular weight excluding hydrogens is 344 g/mol. The molecule has 2 heterocycles. The van der Waals surface area contributed by atoms with E-state index in [9.17, 15) is 4.79 Å². The molecule has 2 aromatic heterocycles. The van der Waals surface area contributed by atoms with Gasteiger partial charge in [0.05, 0.1) is 23.3 Å². The van der Waals surface area contributed by atoms with Gasteiger partial charge in [-0.25, -0.2) is 14.7 Å². The summed E-state index contributed by atoms with van der Waals surface area (Å²) in [4.78, 5) is 12.3. The average molecular weight is 360 g/mol. The number of rotatable bonds is 4. The minimum atomic E-state index is -0.345. The molecule has 27 heavy (non-hydrogen) atoms. The number of carbonyl (C=O) groups excluding carboxylic acids is 1. The third-order valence-corrected chi connectivity index (χ3v) is 4.22. The van der Waals surface area contributed by atoms with Crippen molar-refractivity contribution in [1.82, 2.24) is 25.5 Å². The molecule has 0 unspecified atom stereocenters. The molecule has 0 atom stereocenters. The molecule has 0 aliphatic heterocycles. The van der Waals surface area contributed by atoms with Gasteiger partial charge in [-0.2, -0.15) is 10.2 Å². The molecule has 1 amide bonds. The van der Waals surface area contributed by atoms with Crippen LogP contribution < -0.4 is 5.43 Å². The first kappa shape index (κ1) is 16.6. The van der Waals surface area contributed by atoms with Crippen molar-refractivity contribution in [2.24, 2.45) is 5.10 Å². The fourth-order valence-electron chi connectivity index (χ4n) is 2.81. The predicted molar refractivity (Wildman–Crippen MR) is 99.9 cm³/mol. The maximum Gasteiger partial charge on any atom is 0.271 e. The van der Waals surface area contributed by atoms with Crippen LogP contribution in [0.15, 0.2) is 58.3 Å². The number of carbonyl (C=O) groups is 1. The molecule has 134 valence electrons. The van der Waals surface area contributed by atoms with Gasteiger partial charge in [0.1, 0.15) is 11.0 Å². The molecule has 4 aromatic rings. The van der Waals surface area contributed by atoms with Crippen LogP contribution in [-0.4, -0.2) is 32.2 Å². The third-order valence-electron chi connectivity index (χ3n) is 4.22. The summed E-state index contributed by atoms with van der Waals surface area (Å²) in [5.74, 6) is -0.345. The van der Waals surface area contributed by atoms with Gasteiger partial charge < -0.3 is 0 Å². The second-order valence-corrected chi connectivity index (χ2v) is 6.00. The van der Waals surface area contributed by atoms with Crippen molar-refractivity contribution < 1.29 is 9.42 Å². The van der Waals surface area contributed by atoms with Crippen molar-refractivity contribution >= 4 is 23.2 Å². The lowest BCUT2D eigenvalue weighted by Crippen LogP contribution is -2.17. The van der Waals surface area contributed by atoms with E-state index in [0.29, 0.717) is 16.6 Å². The van der Waals surface area contributed by atoms with E-state index in [2.05, 4.69) is 30.6 Å². The number of nitrogens with one attached hydrogen (secondary N) is 1. The highest BCUT2D eigenvalue weighted by Gasteiger charge is 2.12. The summed E-state index contributed by atoms with van der Waals surface area (Å²) in [7, 11) is 0. The van der Waals surface area contributed by atoms with E-state index >= 15 is 0 Å². The number of fused-ring (bicyclic) bond motifs is 1. The molecule has 0 radical (unpaired) electrons. The van der Waals surface area contributed by atoms with E-state index in [1.807, 2.05) is 48.9 Å². The highest BCUT2D eigenvalue weighted by molar-refractivity contribution is 5.97. The third kappa shape index (κ3) is 3.20. The van der Waals surface area contributed by atoms with Gasteiger partial charge in [-0.1, -0.05) is 18.2 Å². The Hall–Kier alpha value is -3.81. The van der Waals surface area contributed by atoms with Crippen molar-refractivity contribution in [2.75, 3.05) is 0 Å². The zero-order valence-electron chi connectivity index (χ0n) is 14.7. The zero-order valence-corrected chi connectivity index (χ0v) is 14.7. The van der Waals surface area contributed by atoms with E-state index in [1.165, 1.54) is 0 Å². The van der Waals surface area contributed by atoms with E-state index in [0.717, 1.165) is 22.6 Å². The number of hydrogen-bond acceptors (Lipinski definition) is 6. The summed E-state index contributed by atoms with van der Waals surface area (Å²) in [5.41, 5.74) is 7.64. The van der Waals surface area contributed by atoms with Crippen molar-refractivity contribution in [1.29, 1.82) is 0 Å². The molecule has 0 aliphatic rings. The Labute approximate surface area is 154 Å². The molecule has 0 aliphatic carbocycles. The molecular formula is C19H16N6O2. The fourth-order valence-corrected chi connectivity index (χ4v) is 2.81. The number of nitrogens with zero attached hydrogens (tertiary/aromatic N) is 5. The van der Waals surface area contributed by atoms with Crippen LogP contribution in [0.3, 0.4) is 0 Å². The van der Waals surface area contributed by atoms with Crippen molar-refractivity contribution in [3.05, 3.63) is 71.0 Å². The topological polar surface area (TPSA) is 98.2 Å². The number of hydrogen-bond donors (Lipinski definition) is 1. The van der Waals surface area contributed by atoms with E-state index in [-0.39, 0.29) is 5.91 Å². The Morgan fingerprint density at radius 2 is 1.89 bits per heavy atom. The van der Waals surface area contributed by atoms with Gasteiger partial charge in [0.25, 0.3) is 5.91 Å². The maximum atomic E-state index is 12.3. The second kappa shape index (κ2) is 6.83. The Bertz CT molecular complexity index is 1140. The van der Waals surface area contributed by atoms with Crippen LogP contribution in [0.25, 0.3) is 16.7 Å². The smallest absolute Gasteiger partial charge is 0.267 e. The molecule has 0 saturated heterocycles. The summed E-state index contributed by atoms with van der Waals surface area (Å²) in [6.45, 7) is 3.86. The van der Waals surface area contributed by atoms with Crippen molar-refractivity contribution in [3.8, 4) is 5.69 Å². The summed E-state index contributed by atoms with van der Waals surface area (Å²) in [5, 5.41) is 16.1. The Kier molecular flexibility index (Phi) is 4.21. The number of aromatic nitrogens is 4. The number of hydrazone groups is 1. The van der Waals surface area contributed by atoms with Crippen LogP contribution in [0.5, 0.6) is 0 Å². The maximum absolute atomic E-state index is 12.3. The Balaban J connectivity index is 1.53. The van der Waals surface area contributed by atoms with E-state index in [4.69, 9.17) is 0 Å². The Morgan fingerprint density at radius 3 is 2.70 bits per heavy atom. The first-order valence-corrected chi connectivity index (χ1v) is 8.31. The van der Waals surface area contributed by atoms with Gasteiger partial charge in [-0.15, -0.1) is 0 Å². The minimum Gasteiger partial charge on any atom is -0.267 e. The average Bonchev–Trinajstić information content (AvgIpc) is 3.27. The molecule has 2 aromatic carbocycles. The number of amides is 1. The lowest BCUT2D eigenvalue weighted by atomic mass is 10.2. The first-order valence-electron chi connectivity index (χ1n) is 8.31. The summed E-state index contributed by atoms with van der Waals surface area (Å²) < 4.78 is 6.48. The largest absolute Gasteiger partial charge is 0.271 e.